The maximum Gasteiger partial charge on any atom is 0.407 e. The number of nitrogens with zero attached hydrogens (tertiary/aromatic N) is 2. The largest absolute Gasteiger partial charge is 0.497 e. The van der Waals surface area contributed by atoms with Crippen molar-refractivity contribution in [1.82, 2.24) is 25.9 Å². The molecule has 0 unspecified atom stereocenters. The molecule has 0 saturated heterocycles. The Morgan fingerprint density at radius 1 is 0.845 bits per heavy atom. The summed E-state index contributed by atoms with van der Waals surface area (Å²) in [4.78, 5) is 47.8. The molecule has 0 saturated carbocycles. The molecule has 58 heavy (non-hydrogen) atoms. The Kier molecular flexibility index (Phi) is 16.0. The normalized spacial score (nSPS) is 11.7. The molecule has 5 aromatic rings. The number of thiazole rings is 1. The van der Waals surface area contributed by atoms with Crippen molar-refractivity contribution in [3.05, 3.63) is 114 Å². The van der Waals surface area contributed by atoms with Crippen LogP contribution in [0.5, 0.6) is 5.75 Å². The summed E-state index contributed by atoms with van der Waals surface area (Å²) < 4.78 is 41.1. The number of nitrogens with one attached hydrogen (secondary N) is 5. The molecule has 0 fully saturated rings. The quantitative estimate of drug-likeness (QED) is 0.0463. The van der Waals surface area contributed by atoms with Gasteiger partial charge in [0.05, 0.1) is 30.3 Å². The summed E-state index contributed by atoms with van der Waals surface area (Å²) in [6, 6.07) is 23.0. The molecule has 0 aliphatic rings. The lowest BCUT2D eigenvalue weighted by Gasteiger charge is -2.21. The molecule has 0 radical (unpaired) electrons. The standard InChI is InChI=1S/C42H49N7O7S2/c1-29(2)24-36(40(51)44-22-9-4-5-10-23-45-42(52)56-27-30-12-7-6-8-13-30)47-39(50)35-20-15-31(37-28-57-41(48-37)46-33-14-11-21-43-26-33)25-38(35)58(53,54)49-32-16-18-34(55-3)19-17-32/h6-8,11-21,25-26,28-29,36,49H,4-5,9-10,22-24,27H2,1-3H3,(H,44,51)(H,45,52)(H,46,48)(H,47,50)/t36-/m0/s1. The van der Waals surface area contributed by atoms with Gasteiger partial charge >= 0.3 is 6.09 Å². The third-order valence-corrected chi connectivity index (χ3v) is 11.0. The van der Waals surface area contributed by atoms with Gasteiger partial charge in [0.1, 0.15) is 23.3 Å². The average Bonchev–Trinajstić information content (AvgIpc) is 3.69. The molecule has 5 rings (SSSR count). The number of amides is 3. The molecule has 0 spiro atoms. The molecular formula is C42H49N7O7S2. The zero-order chi connectivity index (χ0) is 41.3. The number of hydrogen-bond donors (Lipinski definition) is 5. The Morgan fingerprint density at radius 3 is 2.28 bits per heavy atom. The van der Waals surface area contributed by atoms with Gasteiger partial charge in [0.2, 0.25) is 5.91 Å². The summed E-state index contributed by atoms with van der Waals surface area (Å²) in [5.41, 5.74) is 2.76. The smallest absolute Gasteiger partial charge is 0.407 e. The van der Waals surface area contributed by atoms with E-state index in [2.05, 4.69) is 36.0 Å². The van der Waals surface area contributed by atoms with Crippen LogP contribution in [0.25, 0.3) is 11.3 Å². The van der Waals surface area contributed by atoms with E-state index in [9.17, 15) is 22.8 Å². The molecular weight excluding hydrogens is 779 g/mol. The van der Waals surface area contributed by atoms with Crippen LogP contribution in [0.4, 0.5) is 21.3 Å². The fourth-order valence-electron chi connectivity index (χ4n) is 5.83. The monoisotopic (exact) mass is 827 g/mol. The van der Waals surface area contributed by atoms with E-state index < -0.39 is 28.1 Å². The Hall–Kier alpha value is -6.00. The van der Waals surface area contributed by atoms with Crippen LogP contribution < -0.4 is 30.7 Å². The molecule has 0 aliphatic carbocycles. The van der Waals surface area contributed by atoms with Gasteiger partial charge in [-0.3, -0.25) is 19.3 Å². The first-order chi connectivity index (χ1) is 28.0. The summed E-state index contributed by atoms with van der Waals surface area (Å²) in [6.07, 6.45) is 6.29. The van der Waals surface area contributed by atoms with Crippen molar-refractivity contribution in [2.75, 3.05) is 30.2 Å². The molecule has 0 aliphatic heterocycles. The minimum absolute atomic E-state index is 0.0457. The summed E-state index contributed by atoms with van der Waals surface area (Å²) in [5.74, 6) is -0.484. The van der Waals surface area contributed by atoms with Crippen molar-refractivity contribution in [1.29, 1.82) is 0 Å². The third kappa shape index (κ3) is 13.3. The first-order valence-corrected chi connectivity index (χ1v) is 21.3. The van der Waals surface area contributed by atoms with Crippen molar-refractivity contribution in [3.63, 3.8) is 0 Å². The second-order valence-corrected chi connectivity index (χ2v) is 16.3. The zero-order valence-corrected chi connectivity index (χ0v) is 34.3. The zero-order valence-electron chi connectivity index (χ0n) is 32.7. The lowest BCUT2D eigenvalue weighted by Crippen LogP contribution is -2.47. The highest BCUT2D eigenvalue weighted by molar-refractivity contribution is 7.92. The highest BCUT2D eigenvalue weighted by atomic mass is 32.2. The van der Waals surface area contributed by atoms with Gasteiger partial charge in [-0.05, 0) is 79.3 Å². The number of carbonyl (C=O) groups is 3. The minimum Gasteiger partial charge on any atom is -0.497 e. The van der Waals surface area contributed by atoms with Gasteiger partial charge in [-0.2, -0.15) is 0 Å². The SMILES string of the molecule is COc1ccc(NS(=O)(=O)c2cc(-c3csc(Nc4cccnc4)n3)ccc2C(=O)N[C@@H](CC(C)C)C(=O)NCCCCCCNC(=O)OCc2ccccc2)cc1. The van der Waals surface area contributed by atoms with E-state index in [1.54, 1.807) is 54.2 Å². The third-order valence-electron chi connectivity index (χ3n) is 8.78. The molecule has 3 amide bonds. The van der Waals surface area contributed by atoms with Crippen molar-refractivity contribution >= 4 is 55.8 Å². The van der Waals surface area contributed by atoms with Gasteiger partial charge in [0, 0.05) is 35.9 Å². The summed E-state index contributed by atoms with van der Waals surface area (Å²) >= 11 is 1.33. The molecule has 306 valence electrons. The second kappa shape index (κ2) is 21.5. The van der Waals surface area contributed by atoms with Gasteiger partial charge in [0.15, 0.2) is 5.13 Å². The van der Waals surface area contributed by atoms with E-state index in [0.717, 1.165) is 30.5 Å². The van der Waals surface area contributed by atoms with Crippen LogP contribution >= 0.6 is 11.3 Å². The van der Waals surface area contributed by atoms with Crippen LogP contribution in [0.1, 0.15) is 61.9 Å². The number of rotatable bonds is 21. The van der Waals surface area contributed by atoms with Gasteiger partial charge < -0.3 is 30.7 Å². The van der Waals surface area contributed by atoms with E-state index in [1.165, 1.54) is 30.6 Å². The number of ether oxygens (including phenoxy) is 2. The molecule has 2 aromatic heterocycles. The molecule has 1 atom stereocenters. The van der Waals surface area contributed by atoms with E-state index in [0.29, 0.717) is 48.1 Å². The van der Waals surface area contributed by atoms with Crippen LogP contribution in [-0.4, -0.2) is 62.5 Å². The van der Waals surface area contributed by atoms with Gasteiger partial charge in [-0.25, -0.2) is 18.2 Å². The van der Waals surface area contributed by atoms with Gasteiger partial charge in [0.25, 0.3) is 15.9 Å². The van der Waals surface area contributed by atoms with Crippen molar-refractivity contribution in [2.45, 2.75) is 63.5 Å². The number of pyridine rings is 1. The fourth-order valence-corrected chi connectivity index (χ4v) is 7.86. The molecule has 2 heterocycles. The van der Waals surface area contributed by atoms with E-state index >= 15 is 0 Å². The van der Waals surface area contributed by atoms with Crippen LogP contribution in [0.3, 0.4) is 0 Å². The van der Waals surface area contributed by atoms with E-state index in [4.69, 9.17) is 9.47 Å². The van der Waals surface area contributed by atoms with Crippen molar-refractivity contribution in [2.24, 2.45) is 5.92 Å². The fraction of sp³-hybridized carbons (Fsp3) is 0.310. The molecule has 0 bridgehead atoms. The number of carbonyl (C=O) groups excluding carboxylic acids is 3. The molecule has 14 nitrogen and oxygen atoms in total. The van der Waals surface area contributed by atoms with Crippen molar-refractivity contribution in [3.8, 4) is 17.0 Å². The number of alkyl carbamates (subject to hydrolysis) is 1. The summed E-state index contributed by atoms with van der Waals surface area (Å²) in [5, 5.41) is 14.0. The van der Waals surface area contributed by atoms with Crippen molar-refractivity contribution < 1.29 is 32.3 Å². The minimum atomic E-state index is -4.34. The average molecular weight is 828 g/mol. The first-order valence-electron chi connectivity index (χ1n) is 19.0. The number of aromatic nitrogens is 2. The summed E-state index contributed by atoms with van der Waals surface area (Å²) in [6.45, 7) is 4.95. The van der Waals surface area contributed by atoms with E-state index in [-0.39, 0.29) is 34.6 Å². The number of unbranched alkanes of at least 4 members (excludes halogenated alkanes) is 3. The second-order valence-electron chi connectivity index (χ2n) is 13.8. The molecule has 5 N–H and O–H groups in total. The van der Waals surface area contributed by atoms with Crippen LogP contribution in [-0.2, 0) is 26.2 Å². The van der Waals surface area contributed by atoms with Crippen LogP contribution in [0.15, 0.2) is 108 Å². The molecule has 16 heteroatoms. The maximum absolute atomic E-state index is 14.0. The van der Waals surface area contributed by atoms with Crippen LogP contribution in [0.2, 0.25) is 0 Å². The number of benzene rings is 3. The Labute approximate surface area is 343 Å². The Bertz CT molecular complexity index is 2200. The number of sulfonamides is 1. The topological polar surface area (TPSA) is 190 Å². The van der Waals surface area contributed by atoms with Gasteiger partial charge in [-0.1, -0.05) is 63.1 Å². The first kappa shape index (κ1) is 43.1. The predicted octanol–water partition coefficient (Wildman–Crippen LogP) is 7.51. The highest BCUT2D eigenvalue weighted by Crippen LogP contribution is 2.31. The van der Waals surface area contributed by atoms with Gasteiger partial charge in [-0.15, -0.1) is 11.3 Å². The summed E-state index contributed by atoms with van der Waals surface area (Å²) in [7, 11) is -2.83. The lowest BCUT2D eigenvalue weighted by molar-refractivity contribution is -0.123. The molecule has 3 aromatic carbocycles. The lowest BCUT2D eigenvalue weighted by atomic mass is 10.0. The number of hydrogen-bond acceptors (Lipinski definition) is 11. The maximum atomic E-state index is 14.0. The number of methoxy groups -OCH3 is 1. The Balaban J connectivity index is 1.21. The highest BCUT2D eigenvalue weighted by Gasteiger charge is 2.28. The van der Waals surface area contributed by atoms with Crippen LogP contribution in [0, 0.1) is 5.92 Å². The predicted molar refractivity (Wildman–Crippen MR) is 226 cm³/mol. The number of anilines is 3. The van der Waals surface area contributed by atoms with E-state index in [1.807, 2.05) is 50.2 Å². The Morgan fingerprint density at radius 2 is 1.59 bits per heavy atom.